The van der Waals surface area contributed by atoms with Crippen LogP contribution in [0.25, 0.3) is 0 Å². The largest absolute Gasteiger partial charge is 0.324 e. The zero-order chi connectivity index (χ0) is 12.4. The van der Waals surface area contributed by atoms with Gasteiger partial charge in [0.05, 0.1) is 0 Å². The molecule has 4 nitrogen and oxygen atoms in total. The first-order valence-electron chi connectivity index (χ1n) is 4.65. The van der Waals surface area contributed by atoms with Crippen LogP contribution >= 0.6 is 39.1 Å². The van der Waals surface area contributed by atoms with Crippen molar-refractivity contribution in [1.82, 2.24) is 15.0 Å². The average molecular weight is 334 g/mol. The van der Waals surface area contributed by atoms with Gasteiger partial charge in [0.25, 0.3) is 0 Å². The molecule has 0 aliphatic heterocycles. The summed E-state index contributed by atoms with van der Waals surface area (Å²) in [4.78, 5) is 11.5. The van der Waals surface area contributed by atoms with Gasteiger partial charge in [0, 0.05) is 10.2 Å². The number of aromatic nitrogens is 3. The van der Waals surface area contributed by atoms with Gasteiger partial charge in [-0.15, -0.1) is 0 Å². The highest BCUT2D eigenvalue weighted by Gasteiger charge is 2.05. The molecule has 0 aliphatic carbocycles. The van der Waals surface area contributed by atoms with E-state index in [0.29, 0.717) is 5.95 Å². The molecular weight excluding hydrogens is 327 g/mol. The summed E-state index contributed by atoms with van der Waals surface area (Å²) in [5, 5.41) is 3.14. The molecular formula is C10H7BrCl2N4. The first-order valence-corrected chi connectivity index (χ1v) is 6.20. The summed E-state index contributed by atoms with van der Waals surface area (Å²) in [5.41, 5.74) is 1.93. The van der Waals surface area contributed by atoms with Gasteiger partial charge in [0.2, 0.25) is 16.5 Å². The van der Waals surface area contributed by atoms with Crippen LogP contribution in [-0.4, -0.2) is 15.0 Å². The summed E-state index contributed by atoms with van der Waals surface area (Å²) in [5.74, 6) is 0.316. The lowest BCUT2D eigenvalue weighted by molar-refractivity contribution is 1.05. The van der Waals surface area contributed by atoms with E-state index >= 15 is 0 Å². The van der Waals surface area contributed by atoms with E-state index in [1.807, 2.05) is 25.1 Å². The van der Waals surface area contributed by atoms with Crippen LogP contribution in [0.15, 0.2) is 22.7 Å². The molecule has 0 unspecified atom stereocenters. The van der Waals surface area contributed by atoms with Crippen molar-refractivity contribution in [3.8, 4) is 0 Å². The summed E-state index contributed by atoms with van der Waals surface area (Å²) < 4.78 is 0.955. The molecule has 17 heavy (non-hydrogen) atoms. The highest BCUT2D eigenvalue weighted by molar-refractivity contribution is 9.10. The first-order chi connectivity index (χ1) is 8.04. The minimum atomic E-state index is 0.0557. The summed E-state index contributed by atoms with van der Waals surface area (Å²) in [6.07, 6.45) is 0. The van der Waals surface area contributed by atoms with E-state index in [2.05, 4.69) is 36.2 Å². The van der Waals surface area contributed by atoms with Gasteiger partial charge in [-0.05, 0) is 47.8 Å². The zero-order valence-corrected chi connectivity index (χ0v) is 11.8. The number of hydrogen-bond donors (Lipinski definition) is 1. The fourth-order valence-corrected chi connectivity index (χ4v) is 1.96. The van der Waals surface area contributed by atoms with Gasteiger partial charge in [-0.25, -0.2) is 0 Å². The molecule has 0 saturated carbocycles. The van der Waals surface area contributed by atoms with Crippen LogP contribution in [-0.2, 0) is 0 Å². The van der Waals surface area contributed by atoms with Crippen LogP contribution < -0.4 is 5.32 Å². The maximum Gasteiger partial charge on any atom is 0.232 e. The minimum absolute atomic E-state index is 0.0557. The van der Waals surface area contributed by atoms with Crippen molar-refractivity contribution >= 4 is 50.8 Å². The second-order valence-electron chi connectivity index (χ2n) is 3.28. The van der Waals surface area contributed by atoms with Crippen molar-refractivity contribution in [3.63, 3.8) is 0 Å². The molecule has 0 saturated heterocycles. The molecule has 0 bridgehead atoms. The molecule has 1 N–H and O–H groups in total. The molecule has 2 rings (SSSR count). The Morgan fingerprint density at radius 1 is 1.12 bits per heavy atom. The Labute approximate surface area is 117 Å². The smallest absolute Gasteiger partial charge is 0.232 e. The number of rotatable bonds is 2. The highest BCUT2D eigenvalue weighted by atomic mass is 79.9. The molecule has 0 atom stereocenters. The second kappa shape index (κ2) is 5.16. The minimum Gasteiger partial charge on any atom is -0.324 e. The number of anilines is 2. The third kappa shape index (κ3) is 3.28. The summed E-state index contributed by atoms with van der Waals surface area (Å²) in [6, 6.07) is 5.84. The molecule has 2 aromatic rings. The van der Waals surface area contributed by atoms with Crippen LogP contribution in [0.1, 0.15) is 5.56 Å². The lowest BCUT2D eigenvalue weighted by Gasteiger charge is -2.08. The Kier molecular flexibility index (Phi) is 3.81. The maximum atomic E-state index is 5.69. The molecule has 0 aliphatic rings. The van der Waals surface area contributed by atoms with E-state index in [9.17, 15) is 0 Å². The third-order valence-corrected chi connectivity index (χ3v) is 2.86. The van der Waals surface area contributed by atoms with Gasteiger partial charge in [-0.3, -0.25) is 0 Å². The van der Waals surface area contributed by atoms with Gasteiger partial charge in [0.1, 0.15) is 0 Å². The Balaban J connectivity index is 2.34. The van der Waals surface area contributed by atoms with E-state index in [-0.39, 0.29) is 10.6 Å². The van der Waals surface area contributed by atoms with Crippen LogP contribution in [0.5, 0.6) is 0 Å². The standard InChI is InChI=1S/C10H7BrCl2N4/c1-5-2-3-6(11)4-7(5)14-10-16-8(12)15-9(13)17-10/h2-4H,1H3,(H,14,15,16,17). The van der Waals surface area contributed by atoms with E-state index in [0.717, 1.165) is 15.7 Å². The van der Waals surface area contributed by atoms with Gasteiger partial charge in [-0.2, -0.15) is 15.0 Å². The third-order valence-electron chi connectivity index (χ3n) is 2.03. The number of nitrogens with one attached hydrogen (secondary N) is 1. The maximum absolute atomic E-state index is 5.69. The molecule has 1 heterocycles. The van der Waals surface area contributed by atoms with Gasteiger partial charge < -0.3 is 5.32 Å². The van der Waals surface area contributed by atoms with E-state index < -0.39 is 0 Å². The Bertz CT molecular complexity index is 542. The van der Waals surface area contributed by atoms with E-state index in [4.69, 9.17) is 23.2 Å². The number of halogens is 3. The Morgan fingerprint density at radius 3 is 2.41 bits per heavy atom. The molecule has 7 heteroatoms. The van der Waals surface area contributed by atoms with Crippen molar-refractivity contribution in [2.45, 2.75) is 6.92 Å². The van der Waals surface area contributed by atoms with Crippen LogP contribution in [0, 0.1) is 6.92 Å². The molecule has 0 amide bonds. The zero-order valence-electron chi connectivity index (χ0n) is 8.71. The van der Waals surface area contributed by atoms with Crippen LogP contribution in [0.3, 0.4) is 0 Å². The van der Waals surface area contributed by atoms with E-state index in [1.165, 1.54) is 0 Å². The number of nitrogens with zero attached hydrogens (tertiary/aromatic N) is 3. The fourth-order valence-electron chi connectivity index (χ4n) is 1.23. The number of benzene rings is 1. The lowest BCUT2D eigenvalue weighted by atomic mass is 10.2. The molecule has 0 radical (unpaired) electrons. The van der Waals surface area contributed by atoms with Gasteiger partial charge >= 0.3 is 0 Å². The van der Waals surface area contributed by atoms with Crippen molar-refractivity contribution < 1.29 is 0 Å². The molecule has 88 valence electrons. The monoisotopic (exact) mass is 332 g/mol. The summed E-state index contributed by atoms with van der Waals surface area (Å²) in [7, 11) is 0. The van der Waals surface area contributed by atoms with Crippen molar-refractivity contribution in [1.29, 1.82) is 0 Å². The normalized spacial score (nSPS) is 10.4. The molecule has 1 aromatic heterocycles. The first kappa shape index (κ1) is 12.5. The van der Waals surface area contributed by atoms with Crippen LogP contribution in [0.2, 0.25) is 10.6 Å². The molecule has 0 spiro atoms. The van der Waals surface area contributed by atoms with Crippen LogP contribution in [0.4, 0.5) is 11.6 Å². The number of hydrogen-bond acceptors (Lipinski definition) is 4. The number of aryl methyl sites for hydroxylation is 1. The predicted molar refractivity (Wildman–Crippen MR) is 72.0 cm³/mol. The summed E-state index contributed by atoms with van der Waals surface area (Å²) in [6.45, 7) is 1.97. The lowest BCUT2D eigenvalue weighted by Crippen LogP contribution is -2.00. The highest BCUT2D eigenvalue weighted by Crippen LogP contribution is 2.23. The van der Waals surface area contributed by atoms with Gasteiger partial charge in [0.15, 0.2) is 0 Å². The SMILES string of the molecule is Cc1ccc(Br)cc1Nc1nc(Cl)nc(Cl)n1. The summed E-state index contributed by atoms with van der Waals surface area (Å²) >= 11 is 14.8. The molecule has 1 aromatic carbocycles. The Hall–Kier alpha value is -0.910. The quantitative estimate of drug-likeness (QED) is 0.902. The fraction of sp³-hybridized carbons (Fsp3) is 0.100. The second-order valence-corrected chi connectivity index (χ2v) is 4.87. The van der Waals surface area contributed by atoms with Crippen molar-refractivity contribution in [2.24, 2.45) is 0 Å². The van der Waals surface area contributed by atoms with Crippen molar-refractivity contribution in [2.75, 3.05) is 5.32 Å². The van der Waals surface area contributed by atoms with Crippen molar-refractivity contribution in [3.05, 3.63) is 38.8 Å². The predicted octanol–water partition coefficient (Wildman–Crippen LogP) is 3.99. The van der Waals surface area contributed by atoms with E-state index in [1.54, 1.807) is 0 Å². The average Bonchev–Trinajstić information content (AvgIpc) is 2.22. The Morgan fingerprint density at radius 2 is 1.76 bits per heavy atom. The molecule has 0 fully saturated rings. The van der Waals surface area contributed by atoms with Gasteiger partial charge in [-0.1, -0.05) is 22.0 Å². The topological polar surface area (TPSA) is 50.7 Å².